The van der Waals surface area contributed by atoms with Gasteiger partial charge < -0.3 is 9.72 Å². The second-order valence-electron chi connectivity index (χ2n) is 6.89. The van der Waals surface area contributed by atoms with Crippen LogP contribution in [0.3, 0.4) is 0 Å². The van der Waals surface area contributed by atoms with Gasteiger partial charge in [-0.25, -0.2) is 9.37 Å². The Kier molecular flexibility index (Phi) is 4.69. The van der Waals surface area contributed by atoms with Gasteiger partial charge in [0.2, 0.25) is 5.91 Å². The Morgan fingerprint density at radius 1 is 1.15 bits per heavy atom. The zero-order chi connectivity index (χ0) is 17.9. The smallest absolute Gasteiger partial charge is 0.220 e. The van der Waals surface area contributed by atoms with E-state index in [0.717, 1.165) is 35.4 Å². The van der Waals surface area contributed by atoms with Crippen molar-refractivity contribution in [2.24, 2.45) is 0 Å². The largest absolute Gasteiger partial charge is 0.353 e. The molecule has 1 N–H and O–H groups in total. The third-order valence-electron chi connectivity index (χ3n) is 5.06. The summed E-state index contributed by atoms with van der Waals surface area (Å²) in [6.07, 6.45) is 7.55. The minimum Gasteiger partial charge on any atom is -0.353 e. The number of nitrogens with zero attached hydrogens (tertiary/aromatic N) is 2. The molecule has 0 unspecified atom stereocenters. The number of hydrogen-bond acceptors (Lipinski definition) is 2. The van der Waals surface area contributed by atoms with Crippen LogP contribution in [0.25, 0.3) is 16.9 Å². The molecule has 1 saturated carbocycles. The first-order valence-corrected chi connectivity index (χ1v) is 9.22. The van der Waals surface area contributed by atoms with Crippen molar-refractivity contribution < 1.29 is 9.18 Å². The van der Waals surface area contributed by atoms with Crippen LogP contribution in [-0.4, -0.2) is 21.3 Å². The molecule has 0 aliphatic heterocycles. The van der Waals surface area contributed by atoms with Crippen LogP contribution in [0.2, 0.25) is 0 Å². The minimum atomic E-state index is -0.269. The molecule has 0 radical (unpaired) electrons. The van der Waals surface area contributed by atoms with Gasteiger partial charge in [-0.1, -0.05) is 18.9 Å². The zero-order valence-corrected chi connectivity index (χ0v) is 14.6. The average molecular weight is 351 g/mol. The summed E-state index contributed by atoms with van der Waals surface area (Å²) in [7, 11) is 0. The van der Waals surface area contributed by atoms with Crippen LogP contribution in [0.4, 0.5) is 4.39 Å². The first kappa shape index (κ1) is 16.8. The van der Waals surface area contributed by atoms with Gasteiger partial charge in [-0.15, -0.1) is 0 Å². The highest BCUT2D eigenvalue weighted by atomic mass is 19.1. The molecule has 1 fully saturated rings. The maximum Gasteiger partial charge on any atom is 0.220 e. The van der Waals surface area contributed by atoms with Crippen LogP contribution in [0.5, 0.6) is 0 Å². The highest BCUT2D eigenvalue weighted by Crippen LogP contribution is 2.26. The van der Waals surface area contributed by atoms with Gasteiger partial charge in [0.25, 0.3) is 0 Å². The van der Waals surface area contributed by atoms with Gasteiger partial charge in [0.05, 0.1) is 11.4 Å². The summed E-state index contributed by atoms with van der Waals surface area (Å²) in [6.45, 7) is 0. The molecule has 5 heteroatoms. The van der Waals surface area contributed by atoms with Gasteiger partial charge in [-0.3, -0.25) is 4.79 Å². The lowest BCUT2D eigenvalue weighted by atomic mass is 10.1. The molecule has 4 nitrogen and oxygen atoms in total. The summed E-state index contributed by atoms with van der Waals surface area (Å²) in [5, 5.41) is 3.14. The van der Waals surface area contributed by atoms with Crippen LogP contribution in [0, 0.1) is 5.82 Å². The standard InChI is InChI=1S/C21H22FN3O/c22-16-10-8-15(9-11-16)21-18(25-14-4-3-7-19(25)24-21)12-13-20(26)23-17-5-1-2-6-17/h3-4,7-11,14,17H,1-2,5-6,12-13H2,(H,23,26). The minimum absolute atomic E-state index is 0.0906. The molecule has 1 aliphatic rings. The van der Waals surface area contributed by atoms with Crippen molar-refractivity contribution in [2.45, 2.75) is 44.6 Å². The van der Waals surface area contributed by atoms with Gasteiger partial charge in [0.15, 0.2) is 0 Å². The number of amides is 1. The number of aryl methyl sites for hydroxylation is 1. The van der Waals surface area contributed by atoms with Crippen molar-refractivity contribution in [1.29, 1.82) is 0 Å². The van der Waals surface area contributed by atoms with E-state index in [1.807, 2.05) is 28.8 Å². The lowest BCUT2D eigenvalue weighted by Crippen LogP contribution is -2.32. The van der Waals surface area contributed by atoms with Crippen molar-refractivity contribution in [2.75, 3.05) is 0 Å². The van der Waals surface area contributed by atoms with Crippen LogP contribution in [0.15, 0.2) is 48.7 Å². The molecule has 2 heterocycles. The SMILES string of the molecule is O=C(CCc1c(-c2ccc(F)cc2)nc2ccccn12)NC1CCCC1. The number of fused-ring (bicyclic) bond motifs is 1. The second-order valence-corrected chi connectivity index (χ2v) is 6.89. The van der Waals surface area contributed by atoms with Crippen molar-refractivity contribution in [3.8, 4) is 11.3 Å². The maximum absolute atomic E-state index is 13.3. The van der Waals surface area contributed by atoms with Gasteiger partial charge in [-0.2, -0.15) is 0 Å². The predicted octanol–water partition coefficient (Wildman–Crippen LogP) is 4.13. The fourth-order valence-electron chi connectivity index (χ4n) is 3.73. The molecule has 4 rings (SSSR count). The van der Waals surface area contributed by atoms with Gasteiger partial charge in [0, 0.05) is 24.2 Å². The quantitative estimate of drug-likeness (QED) is 0.751. The monoisotopic (exact) mass is 351 g/mol. The number of benzene rings is 1. The number of carbonyl (C=O) groups is 1. The van der Waals surface area contributed by atoms with E-state index in [4.69, 9.17) is 4.98 Å². The highest BCUT2D eigenvalue weighted by Gasteiger charge is 2.19. The number of hydrogen-bond donors (Lipinski definition) is 1. The molecule has 134 valence electrons. The van der Waals surface area contributed by atoms with Crippen molar-refractivity contribution in [3.05, 3.63) is 60.2 Å². The third kappa shape index (κ3) is 3.47. The summed E-state index contributed by atoms with van der Waals surface area (Å²) in [6, 6.07) is 12.5. The summed E-state index contributed by atoms with van der Waals surface area (Å²) in [4.78, 5) is 17.0. The molecular formula is C21H22FN3O. The number of nitrogens with one attached hydrogen (secondary N) is 1. The Morgan fingerprint density at radius 2 is 1.92 bits per heavy atom. The molecule has 26 heavy (non-hydrogen) atoms. The number of rotatable bonds is 5. The molecule has 2 aromatic heterocycles. The summed E-state index contributed by atoms with van der Waals surface area (Å²) < 4.78 is 15.3. The van der Waals surface area contributed by atoms with Gasteiger partial charge in [-0.05, 0) is 55.7 Å². The maximum atomic E-state index is 13.3. The number of halogens is 1. The van der Waals surface area contributed by atoms with E-state index >= 15 is 0 Å². The predicted molar refractivity (Wildman–Crippen MR) is 99.3 cm³/mol. The molecule has 1 amide bonds. The zero-order valence-electron chi connectivity index (χ0n) is 14.6. The molecule has 1 aliphatic carbocycles. The normalized spacial score (nSPS) is 14.8. The Bertz CT molecular complexity index is 911. The number of aromatic nitrogens is 2. The van der Waals surface area contributed by atoms with Gasteiger partial charge in [0.1, 0.15) is 11.5 Å². The number of carbonyl (C=O) groups excluding carboxylic acids is 1. The van der Waals surface area contributed by atoms with E-state index in [1.54, 1.807) is 12.1 Å². The summed E-state index contributed by atoms with van der Waals surface area (Å²) in [5.41, 5.74) is 3.48. The lowest BCUT2D eigenvalue weighted by molar-refractivity contribution is -0.121. The first-order valence-electron chi connectivity index (χ1n) is 9.22. The van der Waals surface area contributed by atoms with Crippen LogP contribution >= 0.6 is 0 Å². The first-order chi connectivity index (χ1) is 12.7. The van der Waals surface area contributed by atoms with Crippen molar-refractivity contribution in [1.82, 2.24) is 14.7 Å². The molecular weight excluding hydrogens is 329 g/mol. The fourth-order valence-corrected chi connectivity index (χ4v) is 3.73. The Hall–Kier alpha value is -2.69. The summed E-state index contributed by atoms with van der Waals surface area (Å²) >= 11 is 0. The molecule has 0 spiro atoms. The Balaban J connectivity index is 1.59. The Labute approximate surface area is 152 Å². The molecule has 0 bridgehead atoms. The van der Waals surface area contributed by atoms with E-state index in [-0.39, 0.29) is 11.7 Å². The summed E-state index contributed by atoms with van der Waals surface area (Å²) in [5.74, 6) is -0.178. The second kappa shape index (κ2) is 7.28. The lowest BCUT2D eigenvalue weighted by Gasteiger charge is -2.12. The number of imidazole rings is 1. The van der Waals surface area contributed by atoms with Crippen molar-refractivity contribution >= 4 is 11.6 Å². The average Bonchev–Trinajstić information content (AvgIpc) is 3.28. The van der Waals surface area contributed by atoms with Gasteiger partial charge >= 0.3 is 0 Å². The Morgan fingerprint density at radius 3 is 2.69 bits per heavy atom. The molecule has 1 aromatic carbocycles. The van der Waals surface area contributed by atoms with E-state index in [2.05, 4.69) is 5.32 Å². The topological polar surface area (TPSA) is 46.4 Å². The van der Waals surface area contributed by atoms with E-state index in [9.17, 15) is 9.18 Å². The van der Waals surface area contributed by atoms with Crippen LogP contribution < -0.4 is 5.32 Å². The highest BCUT2D eigenvalue weighted by molar-refractivity contribution is 5.77. The van der Waals surface area contributed by atoms with Crippen LogP contribution in [-0.2, 0) is 11.2 Å². The van der Waals surface area contributed by atoms with E-state index in [1.165, 1.54) is 25.0 Å². The molecule has 0 atom stereocenters. The number of pyridine rings is 1. The van der Waals surface area contributed by atoms with E-state index < -0.39 is 0 Å². The van der Waals surface area contributed by atoms with Crippen LogP contribution in [0.1, 0.15) is 37.8 Å². The fraction of sp³-hybridized carbons (Fsp3) is 0.333. The van der Waals surface area contributed by atoms with E-state index in [0.29, 0.717) is 18.9 Å². The van der Waals surface area contributed by atoms with Crippen molar-refractivity contribution in [3.63, 3.8) is 0 Å². The third-order valence-corrected chi connectivity index (χ3v) is 5.06. The molecule has 0 saturated heterocycles. The molecule has 3 aromatic rings.